The zero-order valence-corrected chi connectivity index (χ0v) is 10.3. The van der Waals surface area contributed by atoms with Crippen LogP contribution in [-0.2, 0) is 0 Å². The van der Waals surface area contributed by atoms with Gasteiger partial charge in [0.25, 0.3) is 0 Å². The van der Waals surface area contributed by atoms with Crippen molar-refractivity contribution in [3.8, 4) is 0 Å². The first-order valence-corrected chi connectivity index (χ1v) is 5.47. The van der Waals surface area contributed by atoms with Crippen LogP contribution in [0.4, 0.5) is 4.79 Å². The number of nitrogens with one attached hydrogen (secondary N) is 1. The topological polar surface area (TPSA) is 52.6 Å². The molecule has 1 atom stereocenters. The van der Waals surface area contributed by atoms with Crippen LogP contribution in [0.3, 0.4) is 0 Å². The molecular formula is C11H22N2O2. The second kappa shape index (κ2) is 3.67. The van der Waals surface area contributed by atoms with Gasteiger partial charge in [-0.1, -0.05) is 20.8 Å². The number of nitrogens with zero attached hydrogens (tertiary/aromatic N) is 1. The Morgan fingerprint density at radius 3 is 2.40 bits per heavy atom. The highest BCUT2D eigenvalue weighted by atomic mass is 16.4. The first kappa shape index (κ1) is 12.3. The third kappa shape index (κ3) is 1.95. The Kier molecular flexibility index (Phi) is 3.01. The average molecular weight is 214 g/mol. The summed E-state index contributed by atoms with van der Waals surface area (Å²) in [6.45, 7) is 11.6. The molecule has 0 bridgehead atoms. The van der Waals surface area contributed by atoms with Gasteiger partial charge in [-0.15, -0.1) is 0 Å². The summed E-state index contributed by atoms with van der Waals surface area (Å²) in [5.74, 6) is 0.597. The summed E-state index contributed by atoms with van der Waals surface area (Å²) < 4.78 is 0. The van der Waals surface area contributed by atoms with Crippen LogP contribution >= 0.6 is 0 Å². The van der Waals surface area contributed by atoms with Crippen LogP contribution in [0, 0.1) is 11.3 Å². The number of rotatable bonds is 1. The molecule has 1 heterocycles. The fraction of sp³-hybridized carbons (Fsp3) is 0.909. The Hall–Kier alpha value is -0.770. The highest BCUT2D eigenvalue weighted by Gasteiger charge is 2.48. The van der Waals surface area contributed by atoms with E-state index in [9.17, 15) is 4.79 Å². The summed E-state index contributed by atoms with van der Waals surface area (Å²) in [5, 5.41) is 10.6. The van der Waals surface area contributed by atoms with E-state index in [1.54, 1.807) is 0 Å². The van der Waals surface area contributed by atoms with Crippen molar-refractivity contribution in [3.05, 3.63) is 0 Å². The molecule has 1 fully saturated rings. The third-order valence-electron chi connectivity index (χ3n) is 4.50. The lowest BCUT2D eigenvalue weighted by Gasteiger charge is -2.55. The number of amides is 1. The molecule has 1 aliphatic heterocycles. The molecule has 0 aromatic heterocycles. The molecule has 0 radical (unpaired) electrons. The first-order valence-electron chi connectivity index (χ1n) is 5.47. The van der Waals surface area contributed by atoms with Crippen LogP contribution in [0.25, 0.3) is 0 Å². The summed E-state index contributed by atoms with van der Waals surface area (Å²) in [7, 11) is 0. The number of piperidine rings is 1. The number of carbonyl (C=O) groups is 1. The van der Waals surface area contributed by atoms with Crippen molar-refractivity contribution < 1.29 is 9.90 Å². The highest BCUT2D eigenvalue weighted by molar-refractivity contribution is 5.63. The minimum Gasteiger partial charge on any atom is -0.464 e. The van der Waals surface area contributed by atoms with Crippen LogP contribution in [-0.4, -0.2) is 28.3 Å². The summed E-state index contributed by atoms with van der Waals surface area (Å²) >= 11 is 0. The van der Waals surface area contributed by atoms with Crippen LogP contribution in [0.15, 0.2) is 0 Å². The molecular weight excluding hydrogens is 192 g/mol. The quantitative estimate of drug-likeness (QED) is 0.704. The molecule has 88 valence electrons. The molecule has 1 unspecified atom stereocenters. The minimum atomic E-state index is -0.978. The van der Waals surface area contributed by atoms with Gasteiger partial charge in [0.05, 0.1) is 0 Å². The molecule has 4 nitrogen and oxygen atoms in total. The molecule has 2 N–H and O–H groups in total. The Balaban J connectivity index is 2.90. The van der Waals surface area contributed by atoms with E-state index in [0.29, 0.717) is 5.92 Å². The summed E-state index contributed by atoms with van der Waals surface area (Å²) in [6, 6.07) is 0. The molecule has 4 heteroatoms. The van der Waals surface area contributed by atoms with Crippen molar-refractivity contribution >= 4 is 6.09 Å². The third-order valence-corrected chi connectivity index (χ3v) is 4.50. The first-order chi connectivity index (χ1) is 6.69. The van der Waals surface area contributed by atoms with Crippen molar-refractivity contribution in [1.82, 2.24) is 10.4 Å². The molecule has 1 aliphatic rings. The Morgan fingerprint density at radius 1 is 1.40 bits per heavy atom. The molecule has 1 amide bonds. The van der Waals surface area contributed by atoms with Crippen LogP contribution < -0.4 is 5.43 Å². The van der Waals surface area contributed by atoms with E-state index in [0.717, 1.165) is 13.0 Å². The second-order valence-corrected chi connectivity index (χ2v) is 5.54. The van der Waals surface area contributed by atoms with Gasteiger partial charge in [0.1, 0.15) is 0 Å². The van der Waals surface area contributed by atoms with Gasteiger partial charge in [0, 0.05) is 12.1 Å². The maximum atomic E-state index is 10.7. The SMILES string of the molecule is CC1CCN(NC(=O)O)C(C)(C)C1(C)C. The number of hydrogen-bond acceptors (Lipinski definition) is 2. The van der Waals surface area contributed by atoms with E-state index in [1.807, 2.05) is 5.01 Å². The minimum absolute atomic E-state index is 0.0910. The number of hydrazine groups is 1. The van der Waals surface area contributed by atoms with E-state index in [-0.39, 0.29) is 11.0 Å². The van der Waals surface area contributed by atoms with Crippen LogP contribution in [0.5, 0.6) is 0 Å². The predicted octanol–water partition coefficient (Wildman–Crippen LogP) is 2.32. The van der Waals surface area contributed by atoms with Gasteiger partial charge in [-0.05, 0) is 31.6 Å². The van der Waals surface area contributed by atoms with Crippen LogP contribution in [0.2, 0.25) is 0 Å². The van der Waals surface area contributed by atoms with Gasteiger partial charge in [-0.2, -0.15) is 0 Å². The fourth-order valence-corrected chi connectivity index (χ4v) is 2.23. The van der Waals surface area contributed by atoms with Crippen molar-refractivity contribution in [2.75, 3.05) is 6.54 Å². The second-order valence-electron chi connectivity index (χ2n) is 5.54. The smallest absolute Gasteiger partial charge is 0.419 e. The lowest BCUT2D eigenvalue weighted by Crippen LogP contribution is -2.65. The summed E-state index contributed by atoms with van der Waals surface area (Å²) in [6.07, 6.45) is 0.0462. The maximum absolute atomic E-state index is 10.7. The number of hydrogen-bond donors (Lipinski definition) is 2. The zero-order chi connectivity index (χ0) is 11.9. The molecule has 1 rings (SSSR count). The van der Waals surface area contributed by atoms with E-state index >= 15 is 0 Å². The lowest BCUT2D eigenvalue weighted by molar-refractivity contribution is -0.0888. The largest absolute Gasteiger partial charge is 0.464 e. The molecule has 0 aromatic carbocycles. The average Bonchev–Trinajstić information content (AvgIpc) is 2.08. The fourth-order valence-electron chi connectivity index (χ4n) is 2.23. The zero-order valence-electron chi connectivity index (χ0n) is 10.3. The molecule has 1 saturated heterocycles. The van der Waals surface area contributed by atoms with Gasteiger partial charge in [-0.3, -0.25) is 5.43 Å². The highest BCUT2D eigenvalue weighted by Crippen LogP contribution is 2.46. The van der Waals surface area contributed by atoms with E-state index < -0.39 is 6.09 Å². The monoisotopic (exact) mass is 214 g/mol. The van der Waals surface area contributed by atoms with Crippen molar-refractivity contribution in [2.45, 2.75) is 46.6 Å². The normalized spacial score (nSPS) is 29.8. The van der Waals surface area contributed by atoms with E-state index in [1.165, 1.54) is 0 Å². The molecule has 0 aliphatic carbocycles. The van der Waals surface area contributed by atoms with Gasteiger partial charge in [0.2, 0.25) is 0 Å². The van der Waals surface area contributed by atoms with Crippen LogP contribution in [0.1, 0.15) is 41.0 Å². The van der Waals surface area contributed by atoms with Crippen molar-refractivity contribution in [1.29, 1.82) is 0 Å². The number of carboxylic acid groups (broad SMARTS) is 1. The Bertz CT molecular complexity index is 261. The standard InChI is InChI=1S/C11H22N2O2/c1-8-6-7-13(12-9(14)15)11(4,5)10(8,2)3/h8,12H,6-7H2,1-5H3,(H,14,15). The summed E-state index contributed by atoms with van der Waals surface area (Å²) in [4.78, 5) is 10.7. The summed E-state index contributed by atoms with van der Waals surface area (Å²) in [5.41, 5.74) is 2.43. The van der Waals surface area contributed by atoms with E-state index in [2.05, 4.69) is 40.0 Å². The van der Waals surface area contributed by atoms with Gasteiger partial charge in [0.15, 0.2) is 0 Å². The Morgan fingerprint density at radius 2 is 1.93 bits per heavy atom. The van der Waals surface area contributed by atoms with Crippen molar-refractivity contribution in [3.63, 3.8) is 0 Å². The lowest BCUT2D eigenvalue weighted by atomic mass is 9.63. The molecule has 0 spiro atoms. The van der Waals surface area contributed by atoms with Gasteiger partial charge in [-0.25, -0.2) is 9.80 Å². The molecule has 15 heavy (non-hydrogen) atoms. The van der Waals surface area contributed by atoms with Crippen molar-refractivity contribution in [2.24, 2.45) is 11.3 Å². The molecule has 0 aromatic rings. The predicted molar refractivity (Wildman–Crippen MR) is 59.5 cm³/mol. The van der Waals surface area contributed by atoms with E-state index in [4.69, 9.17) is 5.11 Å². The van der Waals surface area contributed by atoms with Gasteiger partial charge < -0.3 is 5.11 Å². The Labute approximate surface area is 91.6 Å². The molecule has 0 saturated carbocycles. The maximum Gasteiger partial charge on any atom is 0.419 e. The van der Waals surface area contributed by atoms with Gasteiger partial charge >= 0.3 is 6.09 Å².